The van der Waals surface area contributed by atoms with Gasteiger partial charge in [-0.2, -0.15) is 0 Å². The fourth-order valence-electron chi connectivity index (χ4n) is 4.05. The van der Waals surface area contributed by atoms with Crippen molar-refractivity contribution >= 4 is 6.03 Å². The highest BCUT2D eigenvalue weighted by Crippen LogP contribution is 2.36. The van der Waals surface area contributed by atoms with Gasteiger partial charge in [-0.15, -0.1) is 0 Å². The van der Waals surface area contributed by atoms with E-state index in [1.165, 1.54) is 0 Å². The number of ether oxygens (including phenoxy) is 2. The van der Waals surface area contributed by atoms with Gasteiger partial charge < -0.3 is 19.7 Å². The molecule has 4 rings (SSSR count). The van der Waals surface area contributed by atoms with Crippen LogP contribution in [0.2, 0.25) is 0 Å². The fourth-order valence-corrected chi connectivity index (χ4v) is 4.05. The number of nitrogens with zero attached hydrogens (tertiary/aromatic N) is 2. The van der Waals surface area contributed by atoms with Gasteiger partial charge in [0.25, 0.3) is 0 Å². The number of likely N-dealkylation sites (tertiary alicyclic amines) is 1. The Hall–Kier alpha value is -2.76. The molecule has 1 saturated heterocycles. The van der Waals surface area contributed by atoms with E-state index in [0.29, 0.717) is 13.2 Å². The Morgan fingerprint density at radius 3 is 2.64 bits per heavy atom. The van der Waals surface area contributed by atoms with E-state index in [4.69, 9.17) is 9.47 Å². The summed E-state index contributed by atoms with van der Waals surface area (Å²) in [6, 6.07) is 9.92. The van der Waals surface area contributed by atoms with Crippen LogP contribution >= 0.6 is 0 Å². The summed E-state index contributed by atoms with van der Waals surface area (Å²) in [5.74, 6) is 1.76. The zero-order valence-corrected chi connectivity index (χ0v) is 16.4. The van der Waals surface area contributed by atoms with Crippen molar-refractivity contribution in [3.05, 3.63) is 53.9 Å². The molecule has 3 heterocycles. The van der Waals surface area contributed by atoms with E-state index in [0.717, 1.165) is 42.0 Å². The first kappa shape index (κ1) is 18.6. The van der Waals surface area contributed by atoms with Crippen LogP contribution in [0, 0.1) is 5.92 Å². The van der Waals surface area contributed by atoms with E-state index in [1.54, 1.807) is 12.4 Å². The second-order valence-corrected chi connectivity index (χ2v) is 7.71. The van der Waals surface area contributed by atoms with Crippen LogP contribution in [0.25, 0.3) is 0 Å². The molecule has 6 heteroatoms. The first-order valence-electron chi connectivity index (χ1n) is 10.00. The largest absolute Gasteiger partial charge is 0.486 e. The van der Waals surface area contributed by atoms with Crippen molar-refractivity contribution in [2.45, 2.75) is 38.8 Å². The van der Waals surface area contributed by atoms with Crippen LogP contribution in [0.4, 0.5) is 4.79 Å². The third-order valence-corrected chi connectivity index (χ3v) is 5.48. The number of hydrogen-bond donors (Lipinski definition) is 1. The summed E-state index contributed by atoms with van der Waals surface area (Å²) in [6.07, 6.45) is 5.57. The summed E-state index contributed by atoms with van der Waals surface area (Å²) in [5.41, 5.74) is 2.18. The topological polar surface area (TPSA) is 63.7 Å². The van der Waals surface area contributed by atoms with Gasteiger partial charge in [-0.1, -0.05) is 19.9 Å². The van der Waals surface area contributed by atoms with Gasteiger partial charge in [-0.3, -0.25) is 4.98 Å². The van der Waals surface area contributed by atoms with Gasteiger partial charge in [-0.05, 0) is 54.2 Å². The monoisotopic (exact) mass is 381 g/mol. The molecule has 6 nitrogen and oxygen atoms in total. The minimum atomic E-state index is -0.0954. The minimum Gasteiger partial charge on any atom is -0.486 e. The highest BCUT2D eigenvalue weighted by atomic mass is 16.6. The molecular formula is C22H27N3O3. The molecule has 2 aliphatic heterocycles. The van der Waals surface area contributed by atoms with E-state index < -0.39 is 0 Å². The number of fused-ring (bicyclic) bond motifs is 1. The van der Waals surface area contributed by atoms with E-state index in [-0.39, 0.29) is 24.0 Å². The number of hydrogen-bond acceptors (Lipinski definition) is 4. The van der Waals surface area contributed by atoms with Gasteiger partial charge in [0, 0.05) is 18.9 Å². The normalized spacial score (nSPS) is 19.5. The standard InChI is InChI=1S/C22H27N3O3/c1-15(2)21(17-5-6-19-20(14-17)28-13-12-27-19)24-22(26)25-11-3-4-18(25)16-7-9-23-10-8-16/h5-10,14-15,18,21H,3-4,11-13H2,1-2H3,(H,24,26). The van der Waals surface area contributed by atoms with Gasteiger partial charge in [-0.25, -0.2) is 4.79 Å². The summed E-state index contributed by atoms with van der Waals surface area (Å²) < 4.78 is 11.3. The summed E-state index contributed by atoms with van der Waals surface area (Å²) in [5, 5.41) is 3.26. The van der Waals surface area contributed by atoms with Crippen LogP contribution in [-0.2, 0) is 0 Å². The van der Waals surface area contributed by atoms with E-state index in [2.05, 4.69) is 24.1 Å². The summed E-state index contributed by atoms with van der Waals surface area (Å²) in [4.78, 5) is 19.2. The summed E-state index contributed by atoms with van der Waals surface area (Å²) >= 11 is 0. The number of nitrogens with one attached hydrogen (secondary N) is 1. The second kappa shape index (κ2) is 8.09. The van der Waals surface area contributed by atoms with Crippen LogP contribution in [0.15, 0.2) is 42.7 Å². The molecule has 1 aromatic carbocycles. The predicted octanol–water partition coefficient (Wildman–Crippen LogP) is 4.10. The number of carbonyl (C=O) groups is 1. The van der Waals surface area contributed by atoms with E-state index in [9.17, 15) is 4.79 Å². The van der Waals surface area contributed by atoms with Gasteiger partial charge in [0.05, 0.1) is 12.1 Å². The molecule has 0 spiro atoms. The summed E-state index contributed by atoms with van der Waals surface area (Å²) in [7, 11) is 0. The molecule has 2 amide bonds. The second-order valence-electron chi connectivity index (χ2n) is 7.71. The Balaban J connectivity index is 1.52. The van der Waals surface area contributed by atoms with Gasteiger partial charge >= 0.3 is 6.03 Å². The lowest BCUT2D eigenvalue weighted by molar-refractivity contribution is 0.170. The molecule has 28 heavy (non-hydrogen) atoms. The minimum absolute atomic E-state index is 0.0205. The average Bonchev–Trinajstić information content (AvgIpc) is 3.22. The van der Waals surface area contributed by atoms with Crippen molar-refractivity contribution in [1.82, 2.24) is 15.2 Å². The number of benzene rings is 1. The molecule has 1 aromatic heterocycles. The number of amides is 2. The maximum Gasteiger partial charge on any atom is 0.318 e. The lowest BCUT2D eigenvalue weighted by atomic mass is 9.95. The Labute approximate surface area is 165 Å². The van der Waals surface area contributed by atoms with Crippen LogP contribution in [0.1, 0.15) is 49.9 Å². The highest BCUT2D eigenvalue weighted by molar-refractivity contribution is 5.75. The van der Waals surface area contributed by atoms with Crippen molar-refractivity contribution < 1.29 is 14.3 Å². The van der Waals surface area contributed by atoms with Crippen molar-refractivity contribution in [1.29, 1.82) is 0 Å². The van der Waals surface area contributed by atoms with Crippen molar-refractivity contribution in [3.63, 3.8) is 0 Å². The molecule has 2 atom stereocenters. The molecule has 148 valence electrons. The zero-order chi connectivity index (χ0) is 19.5. The number of pyridine rings is 1. The van der Waals surface area contributed by atoms with Crippen molar-refractivity contribution in [2.24, 2.45) is 5.92 Å². The Bertz CT molecular complexity index is 825. The Kier molecular flexibility index (Phi) is 5.37. The average molecular weight is 381 g/mol. The number of urea groups is 1. The first-order chi connectivity index (χ1) is 13.6. The molecule has 2 aromatic rings. The summed E-state index contributed by atoms with van der Waals surface area (Å²) in [6.45, 7) is 6.13. The van der Waals surface area contributed by atoms with E-state index >= 15 is 0 Å². The SMILES string of the molecule is CC(C)C(NC(=O)N1CCCC1c1ccncc1)c1ccc2c(c1)OCCO2. The number of aromatic nitrogens is 1. The quantitative estimate of drug-likeness (QED) is 0.866. The third-order valence-electron chi connectivity index (χ3n) is 5.48. The van der Waals surface area contributed by atoms with Crippen molar-refractivity contribution in [3.8, 4) is 11.5 Å². The predicted molar refractivity (Wildman–Crippen MR) is 106 cm³/mol. The molecule has 0 radical (unpaired) electrons. The zero-order valence-electron chi connectivity index (χ0n) is 16.4. The lowest BCUT2D eigenvalue weighted by Gasteiger charge is -2.30. The molecular weight excluding hydrogens is 354 g/mol. The Morgan fingerprint density at radius 2 is 1.89 bits per heavy atom. The van der Waals surface area contributed by atoms with Crippen LogP contribution < -0.4 is 14.8 Å². The van der Waals surface area contributed by atoms with Gasteiger partial charge in [0.1, 0.15) is 13.2 Å². The molecule has 0 aliphatic carbocycles. The molecule has 0 saturated carbocycles. The molecule has 0 bridgehead atoms. The molecule has 2 unspecified atom stereocenters. The number of rotatable bonds is 4. The van der Waals surface area contributed by atoms with Gasteiger partial charge in [0.15, 0.2) is 11.5 Å². The molecule has 1 fully saturated rings. The maximum atomic E-state index is 13.1. The third kappa shape index (κ3) is 3.77. The fraction of sp³-hybridized carbons (Fsp3) is 0.455. The lowest BCUT2D eigenvalue weighted by Crippen LogP contribution is -2.42. The molecule has 1 N–H and O–H groups in total. The van der Waals surface area contributed by atoms with Crippen LogP contribution in [0.5, 0.6) is 11.5 Å². The van der Waals surface area contributed by atoms with Crippen LogP contribution in [0.3, 0.4) is 0 Å². The van der Waals surface area contributed by atoms with Gasteiger partial charge in [0.2, 0.25) is 0 Å². The first-order valence-corrected chi connectivity index (χ1v) is 10.00. The van der Waals surface area contributed by atoms with Crippen molar-refractivity contribution in [2.75, 3.05) is 19.8 Å². The highest BCUT2D eigenvalue weighted by Gasteiger charge is 2.32. The molecule has 2 aliphatic rings. The Morgan fingerprint density at radius 1 is 1.14 bits per heavy atom. The number of carbonyl (C=O) groups excluding carboxylic acids is 1. The van der Waals surface area contributed by atoms with E-state index in [1.807, 2.05) is 35.2 Å². The smallest absolute Gasteiger partial charge is 0.318 e. The maximum absolute atomic E-state index is 13.1. The van der Waals surface area contributed by atoms with Crippen LogP contribution in [-0.4, -0.2) is 35.7 Å².